The van der Waals surface area contributed by atoms with E-state index in [4.69, 9.17) is 10.8 Å². The number of hydrogen-bond acceptors (Lipinski definition) is 3. The fraction of sp³-hybridized carbons (Fsp3) is 0.133. The third-order valence-electron chi connectivity index (χ3n) is 3.16. The van der Waals surface area contributed by atoms with Gasteiger partial charge < -0.3 is 16.2 Å². The minimum atomic E-state index is -1.10. The fourth-order valence-electron chi connectivity index (χ4n) is 1.98. The molecule has 21 heavy (non-hydrogen) atoms. The molecule has 0 amide bonds. The zero-order valence-electron chi connectivity index (χ0n) is 11.5. The van der Waals surface area contributed by atoms with Crippen molar-refractivity contribution in [2.24, 2.45) is 0 Å². The average Bonchev–Trinajstić information content (AvgIpc) is 2.39. The molecule has 0 unspecified atom stereocenters. The monoisotopic (exact) mass is 352 g/mol. The van der Waals surface area contributed by atoms with Gasteiger partial charge in [0, 0.05) is 17.1 Å². The highest BCUT2D eigenvalue weighted by Crippen LogP contribution is 2.29. The largest absolute Gasteiger partial charge is 0.478 e. The van der Waals surface area contributed by atoms with Gasteiger partial charge in [-0.25, -0.2) is 9.18 Å². The molecule has 0 spiro atoms. The Bertz CT molecular complexity index is 732. The first-order chi connectivity index (χ1) is 9.79. The van der Waals surface area contributed by atoms with Crippen LogP contribution in [0, 0.1) is 19.7 Å². The van der Waals surface area contributed by atoms with Crippen LogP contribution in [-0.2, 0) is 0 Å². The lowest BCUT2D eigenvalue weighted by atomic mass is 10.1. The molecule has 0 heterocycles. The first-order valence-corrected chi connectivity index (χ1v) is 6.95. The number of nitrogens with two attached hydrogens (primary N) is 1. The number of hydrogen-bond donors (Lipinski definition) is 3. The Hall–Kier alpha value is -2.08. The van der Waals surface area contributed by atoms with Crippen molar-refractivity contribution in [1.29, 1.82) is 0 Å². The lowest BCUT2D eigenvalue weighted by Crippen LogP contribution is -2.06. The van der Waals surface area contributed by atoms with Gasteiger partial charge >= 0.3 is 5.97 Å². The summed E-state index contributed by atoms with van der Waals surface area (Å²) in [5, 5.41) is 12.2. The number of carbonyl (C=O) groups is 1. The summed E-state index contributed by atoms with van der Waals surface area (Å²) in [5.41, 5.74) is 8.58. The lowest BCUT2D eigenvalue weighted by Gasteiger charge is -2.13. The molecule has 0 aliphatic carbocycles. The van der Waals surface area contributed by atoms with Crippen LogP contribution in [0.5, 0.6) is 0 Å². The minimum Gasteiger partial charge on any atom is -0.478 e. The standard InChI is InChI=1S/C15H14BrFN2O2/c1-7-4-11(16)12(17)6-13(7)19-9-3-8(2)14(18)10(5-9)15(20)21/h3-6,19H,18H2,1-2H3,(H,20,21). The molecule has 0 atom stereocenters. The molecule has 4 N–H and O–H groups in total. The van der Waals surface area contributed by atoms with Crippen LogP contribution in [0.15, 0.2) is 28.7 Å². The molecule has 0 aliphatic heterocycles. The average molecular weight is 353 g/mol. The molecular formula is C15H14BrFN2O2. The zero-order valence-corrected chi connectivity index (χ0v) is 13.1. The Balaban J connectivity index is 2.45. The Morgan fingerprint density at radius 1 is 1.24 bits per heavy atom. The highest BCUT2D eigenvalue weighted by molar-refractivity contribution is 9.10. The van der Waals surface area contributed by atoms with Crippen molar-refractivity contribution in [1.82, 2.24) is 0 Å². The van der Waals surface area contributed by atoms with Gasteiger partial charge in [-0.3, -0.25) is 0 Å². The third-order valence-corrected chi connectivity index (χ3v) is 3.77. The molecule has 0 aliphatic rings. The number of carboxylic acids is 1. The summed E-state index contributed by atoms with van der Waals surface area (Å²) in [6, 6.07) is 6.16. The summed E-state index contributed by atoms with van der Waals surface area (Å²) in [4.78, 5) is 11.2. The molecule has 2 rings (SSSR count). The van der Waals surface area contributed by atoms with E-state index in [0.29, 0.717) is 21.4 Å². The molecule has 4 nitrogen and oxygen atoms in total. The first kappa shape index (κ1) is 15.3. The molecule has 0 saturated heterocycles. The number of benzene rings is 2. The van der Waals surface area contributed by atoms with Gasteiger partial charge in [-0.2, -0.15) is 0 Å². The van der Waals surface area contributed by atoms with Crippen molar-refractivity contribution in [2.75, 3.05) is 11.1 Å². The van der Waals surface area contributed by atoms with Crippen LogP contribution in [0.1, 0.15) is 21.5 Å². The van der Waals surface area contributed by atoms with E-state index in [-0.39, 0.29) is 11.3 Å². The van der Waals surface area contributed by atoms with Crippen LogP contribution < -0.4 is 11.1 Å². The van der Waals surface area contributed by atoms with E-state index in [2.05, 4.69) is 21.2 Å². The molecule has 0 bridgehead atoms. The number of halogens is 2. The van der Waals surface area contributed by atoms with E-state index in [1.165, 1.54) is 12.1 Å². The quantitative estimate of drug-likeness (QED) is 0.722. The van der Waals surface area contributed by atoms with Crippen molar-refractivity contribution in [2.45, 2.75) is 13.8 Å². The van der Waals surface area contributed by atoms with E-state index in [1.807, 2.05) is 6.92 Å². The van der Waals surface area contributed by atoms with Gasteiger partial charge in [0.1, 0.15) is 5.82 Å². The lowest BCUT2D eigenvalue weighted by molar-refractivity contribution is 0.0698. The Morgan fingerprint density at radius 3 is 2.52 bits per heavy atom. The van der Waals surface area contributed by atoms with Crippen LogP contribution in [0.25, 0.3) is 0 Å². The second-order valence-corrected chi connectivity index (χ2v) is 5.62. The molecule has 0 radical (unpaired) electrons. The van der Waals surface area contributed by atoms with E-state index in [0.717, 1.165) is 5.56 Å². The number of aromatic carboxylic acids is 1. The topological polar surface area (TPSA) is 75.3 Å². The van der Waals surface area contributed by atoms with E-state index >= 15 is 0 Å². The maximum Gasteiger partial charge on any atom is 0.337 e. The molecule has 0 aromatic heterocycles. The number of nitrogen functional groups attached to an aromatic ring is 1. The van der Waals surface area contributed by atoms with Gasteiger partial charge in [-0.05, 0) is 65.2 Å². The molecule has 110 valence electrons. The second kappa shape index (κ2) is 5.73. The molecule has 0 fully saturated rings. The van der Waals surface area contributed by atoms with Crippen LogP contribution >= 0.6 is 15.9 Å². The zero-order chi connectivity index (χ0) is 15.7. The normalized spacial score (nSPS) is 10.5. The summed E-state index contributed by atoms with van der Waals surface area (Å²) in [7, 11) is 0. The van der Waals surface area contributed by atoms with E-state index < -0.39 is 11.8 Å². The fourth-order valence-corrected chi connectivity index (χ4v) is 2.44. The molecule has 2 aromatic rings. The summed E-state index contributed by atoms with van der Waals surface area (Å²) < 4.78 is 14.0. The van der Waals surface area contributed by atoms with Gasteiger partial charge in [0.2, 0.25) is 0 Å². The van der Waals surface area contributed by atoms with E-state index in [1.54, 1.807) is 19.1 Å². The molecular weight excluding hydrogens is 339 g/mol. The van der Waals surface area contributed by atoms with Crippen LogP contribution in [0.4, 0.5) is 21.5 Å². The number of rotatable bonds is 3. The van der Waals surface area contributed by atoms with Gasteiger partial charge in [-0.1, -0.05) is 0 Å². The first-order valence-electron chi connectivity index (χ1n) is 6.15. The number of carboxylic acid groups (broad SMARTS) is 1. The van der Waals surface area contributed by atoms with Gasteiger partial charge in [0.15, 0.2) is 0 Å². The number of nitrogens with one attached hydrogen (secondary N) is 1. The summed E-state index contributed by atoms with van der Waals surface area (Å²) >= 11 is 3.12. The predicted molar refractivity (Wildman–Crippen MR) is 84.7 cm³/mol. The molecule has 0 saturated carbocycles. The maximum atomic E-state index is 13.6. The van der Waals surface area contributed by atoms with Crippen LogP contribution in [0.3, 0.4) is 0 Å². The Morgan fingerprint density at radius 2 is 1.90 bits per heavy atom. The van der Waals surface area contributed by atoms with Gasteiger partial charge in [0.25, 0.3) is 0 Å². The maximum absolute atomic E-state index is 13.6. The third kappa shape index (κ3) is 3.16. The second-order valence-electron chi connectivity index (χ2n) is 4.77. The SMILES string of the molecule is Cc1cc(Br)c(F)cc1Nc1cc(C)c(N)c(C(=O)O)c1. The van der Waals surface area contributed by atoms with Crippen molar-refractivity contribution in [3.63, 3.8) is 0 Å². The Labute approximate surface area is 129 Å². The highest BCUT2D eigenvalue weighted by atomic mass is 79.9. The minimum absolute atomic E-state index is 0.0211. The molecule has 6 heteroatoms. The number of anilines is 3. The van der Waals surface area contributed by atoms with Crippen molar-refractivity contribution in [3.05, 3.63) is 51.2 Å². The predicted octanol–water partition coefficient (Wildman–Crippen LogP) is 4.23. The summed E-state index contributed by atoms with van der Waals surface area (Å²) in [6.45, 7) is 3.55. The smallest absolute Gasteiger partial charge is 0.337 e. The van der Waals surface area contributed by atoms with Gasteiger partial charge in [-0.15, -0.1) is 0 Å². The van der Waals surface area contributed by atoms with E-state index in [9.17, 15) is 9.18 Å². The molecule has 2 aromatic carbocycles. The summed E-state index contributed by atoms with van der Waals surface area (Å²) in [5.74, 6) is -1.49. The van der Waals surface area contributed by atoms with Crippen LogP contribution in [-0.4, -0.2) is 11.1 Å². The van der Waals surface area contributed by atoms with Crippen molar-refractivity contribution >= 4 is 39.0 Å². The van der Waals surface area contributed by atoms with Crippen molar-refractivity contribution < 1.29 is 14.3 Å². The summed E-state index contributed by atoms with van der Waals surface area (Å²) in [6.07, 6.45) is 0. The van der Waals surface area contributed by atoms with Crippen LogP contribution in [0.2, 0.25) is 0 Å². The van der Waals surface area contributed by atoms with Gasteiger partial charge in [0.05, 0.1) is 10.0 Å². The van der Waals surface area contributed by atoms with Crippen molar-refractivity contribution in [3.8, 4) is 0 Å². The highest BCUT2D eigenvalue weighted by Gasteiger charge is 2.13. The Kier molecular flexibility index (Phi) is 4.18. The number of aryl methyl sites for hydroxylation is 2.